The van der Waals surface area contributed by atoms with Crippen LogP contribution in [0.3, 0.4) is 0 Å². The third-order valence-electron chi connectivity index (χ3n) is 6.55. The molecule has 1 saturated heterocycles. The molecule has 41 heavy (non-hydrogen) atoms. The topological polar surface area (TPSA) is 134 Å². The van der Waals surface area contributed by atoms with Crippen molar-refractivity contribution >= 4 is 46.8 Å². The standard InChI is InChI=1S/C30H41ClN4O5S/c1-17(2)40-19-13-11-18(12-14-19)15-22(33-26(37)20-9-8-10-21(32)23(20)31)24(36)28(39)35-16-41-30(6,7)25(35)27(38)34-29(3,4)5/h8-14,17,22,24-25,36H,15-16,32H2,1-7H3,(H,33,37)(H,34,38)/t22-,24-,25+/m0/s1. The van der Waals surface area contributed by atoms with Crippen LogP contribution in [0.25, 0.3) is 0 Å². The number of ether oxygens (including phenoxy) is 1. The number of nitrogen functional groups attached to an aromatic ring is 1. The Balaban J connectivity index is 1.91. The van der Waals surface area contributed by atoms with Crippen molar-refractivity contribution in [3.8, 4) is 5.75 Å². The molecule has 5 N–H and O–H groups in total. The molecule has 0 unspecified atom stereocenters. The number of rotatable bonds is 9. The van der Waals surface area contributed by atoms with Crippen molar-refractivity contribution in [3.05, 3.63) is 58.6 Å². The predicted molar refractivity (Wildman–Crippen MR) is 164 cm³/mol. The van der Waals surface area contributed by atoms with E-state index < -0.39 is 40.3 Å². The van der Waals surface area contributed by atoms with Crippen LogP contribution >= 0.6 is 23.4 Å². The minimum atomic E-state index is -1.65. The molecule has 3 atom stereocenters. The molecule has 2 aromatic rings. The molecule has 0 saturated carbocycles. The fraction of sp³-hybridized carbons (Fsp3) is 0.500. The summed E-state index contributed by atoms with van der Waals surface area (Å²) in [5.41, 5.74) is 6.50. The Morgan fingerprint density at radius 1 is 1.17 bits per heavy atom. The lowest BCUT2D eigenvalue weighted by Gasteiger charge is -2.35. The molecule has 224 valence electrons. The number of aliphatic hydroxyl groups excluding tert-OH is 1. The molecule has 3 amide bonds. The van der Waals surface area contributed by atoms with E-state index in [9.17, 15) is 19.5 Å². The number of carbonyl (C=O) groups excluding carboxylic acids is 3. The molecule has 0 aliphatic carbocycles. The number of hydrogen-bond donors (Lipinski definition) is 4. The maximum Gasteiger partial charge on any atom is 0.254 e. The van der Waals surface area contributed by atoms with Gasteiger partial charge in [-0.1, -0.05) is 29.8 Å². The molecule has 11 heteroatoms. The largest absolute Gasteiger partial charge is 0.491 e. The molecule has 0 radical (unpaired) electrons. The first-order valence-corrected chi connectivity index (χ1v) is 14.9. The van der Waals surface area contributed by atoms with Crippen molar-refractivity contribution in [3.63, 3.8) is 0 Å². The molecular formula is C30H41ClN4O5S. The van der Waals surface area contributed by atoms with E-state index in [2.05, 4.69) is 10.6 Å². The van der Waals surface area contributed by atoms with Gasteiger partial charge in [-0.25, -0.2) is 0 Å². The Morgan fingerprint density at radius 2 is 1.80 bits per heavy atom. The molecule has 3 rings (SSSR count). The van der Waals surface area contributed by atoms with E-state index in [4.69, 9.17) is 22.1 Å². The maximum absolute atomic E-state index is 13.8. The monoisotopic (exact) mass is 604 g/mol. The first-order chi connectivity index (χ1) is 19.0. The molecule has 0 spiro atoms. The van der Waals surface area contributed by atoms with Gasteiger partial charge in [-0.3, -0.25) is 14.4 Å². The van der Waals surface area contributed by atoms with Crippen molar-refractivity contribution in [2.45, 2.75) is 89.5 Å². The third-order valence-corrected chi connectivity index (χ3v) is 8.35. The highest BCUT2D eigenvalue weighted by atomic mass is 35.5. The molecule has 1 heterocycles. The average Bonchev–Trinajstić information content (AvgIpc) is 3.19. The van der Waals surface area contributed by atoms with E-state index in [0.29, 0.717) is 5.75 Å². The number of aliphatic hydroxyl groups is 1. The van der Waals surface area contributed by atoms with E-state index in [1.54, 1.807) is 24.3 Å². The zero-order valence-corrected chi connectivity index (χ0v) is 26.2. The second-order valence-corrected chi connectivity index (χ2v) is 14.1. The zero-order chi connectivity index (χ0) is 30.7. The molecule has 9 nitrogen and oxygen atoms in total. The van der Waals surface area contributed by atoms with Crippen molar-refractivity contribution in [2.24, 2.45) is 0 Å². The predicted octanol–water partition coefficient (Wildman–Crippen LogP) is 4.01. The highest BCUT2D eigenvalue weighted by Crippen LogP contribution is 2.40. The van der Waals surface area contributed by atoms with Gasteiger partial charge in [-0.05, 0) is 84.7 Å². The summed E-state index contributed by atoms with van der Waals surface area (Å²) in [7, 11) is 0. The van der Waals surface area contributed by atoms with Crippen molar-refractivity contribution in [1.29, 1.82) is 0 Å². The van der Waals surface area contributed by atoms with Gasteiger partial charge in [0.15, 0.2) is 6.10 Å². The maximum atomic E-state index is 13.8. The van der Waals surface area contributed by atoms with Crippen LogP contribution in [0.5, 0.6) is 5.75 Å². The lowest BCUT2D eigenvalue weighted by Crippen LogP contribution is -2.60. The van der Waals surface area contributed by atoms with E-state index in [0.717, 1.165) is 5.56 Å². The fourth-order valence-electron chi connectivity index (χ4n) is 4.64. The lowest BCUT2D eigenvalue weighted by molar-refractivity contribution is -0.147. The van der Waals surface area contributed by atoms with Gasteiger partial charge in [0.25, 0.3) is 11.8 Å². The van der Waals surface area contributed by atoms with Gasteiger partial charge in [0.05, 0.1) is 34.3 Å². The summed E-state index contributed by atoms with van der Waals surface area (Å²) in [4.78, 5) is 41.8. The number of carbonyl (C=O) groups is 3. The molecule has 1 aliphatic heterocycles. The van der Waals surface area contributed by atoms with E-state index in [1.165, 1.54) is 22.7 Å². The molecule has 1 fully saturated rings. The summed E-state index contributed by atoms with van der Waals surface area (Å²) in [5.74, 6) is -0.649. The minimum Gasteiger partial charge on any atom is -0.491 e. The Kier molecular flexibility index (Phi) is 10.3. The number of halogens is 1. The minimum absolute atomic E-state index is 0.00129. The molecular weight excluding hydrogens is 564 g/mol. The van der Waals surface area contributed by atoms with Crippen LogP contribution in [-0.2, 0) is 16.0 Å². The number of nitrogens with two attached hydrogens (primary N) is 1. The summed E-state index contributed by atoms with van der Waals surface area (Å²) in [5, 5.41) is 17.3. The quantitative estimate of drug-likeness (QED) is 0.318. The summed E-state index contributed by atoms with van der Waals surface area (Å²) >= 11 is 7.74. The van der Waals surface area contributed by atoms with Gasteiger partial charge in [0.2, 0.25) is 5.91 Å². The van der Waals surface area contributed by atoms with Crippen molar-refractivity contribution in [1.82, 2.24) is 15.5 Å². The molecule has 0 bridgehead atoms. The summed E-state index contributed by atoms with van der Waals surface area (Å²) in [6.07, 6.45) is -1.52. The average molecular weight is 605 g/mol. The van der Waals surface area contributed by atoms with Crippen LogP contribution in [0.1, 0.15) is 64.4 Å². The number of hydrogen-bond acceptors (Lipinski definition) is 7. The number of nitrogens with one attached hydrogen (secondary N) is 2. The summed E-state index contributed by atoms with van der Waals surface area (Å²) < 4.78 is 5.12. The summed E-state index contributed by atoms with van der Waals surface area (Å²) in [6, 6.07) is 10.1. The number of anilines is 1. The summed E-state index contributed by atoms with van der Waals surface area (Å²) in [6.45, 7) is 13.2. The zero-order valence-electron chi connectivity index (χ0n) is 24.7. The first-order valence-electron chi connectivity index (χ1n) is 13.5. The Labute approximate surface area is 251 Å². The van der Waals surface area contributed by atoms with Gasteiger partial charge in [0.1, 0.15) is 11.8 Å². The van der Waals surface area contributed by atoms with Crippen LogP contribution in [0.4, 0.5) is 5.69 Å². The first kappa shape index (κ1) is 32.6. The van der Waals surface area contributed by atoms with E-state index in [1.807, 2.05) is 60.6 Å². The Bertz CT molecular complexity index is 1260. The highest BCUT2D eigenvalue weighted by Gasteiger charge is 2.50. The van der Waals surface area contributed by atoms with Crippen LogP contribution in [0.15, 0.2) is 42.5 Å². The van der Waals surface area contributed by atoms with Gasteiger partial charge in [-0.2, -0.15) is 0 Å². The second kappa shape index (κ2) is 12.9. The van der Waals surface area contributed by atoms with E-state index >= 15 is 0 Å². The van der Waals surface area contributed by atoms with Crippen LogP contribution < -0.4 is 21.1 Å². The van der Waals surface area contributed by atoms with Gasteiger partial charge >= 0.3 is 0 Å². The molecule has 1 aliphatic rings. The Morgan fingerprint density at radius 3 is 2.39 bits per heavy atom. The van der Waals surface area contributed by atoms with E-state index in [-0.39, 0.29) is 40.6 Å². The third kappa shape index (κ3) is 8.30. The highest BCUT2D eigenvalue weighted by molar-refractivity contribution is 8.00. The number of amides is 3. The fourth-order valence-corrected chi connectivity index (χ4v) is 5.99. The Hall–Kier alpha value is -2.95. The van der Waals surface area contributed by atoms with Crippen molar-refractivity contribution < 1.29 is 24.2 Å². The van der Waals surface area contributed by atoms with Crippen LogP contribution in [-0.4, -0.2) is 68.2 Å². The number of thioether (sulfide) groups is 1. The van der Waals surface area contributed by atoms with Gasteiger partial charge < -0.3 is 31.1 Å². The SMILES string of the molecule is CC(C)Oc1ccc(C[C@H](NC(=O)c2cccc(N)c2Cl)[C@H](O)C(=O)N2CSC(C)(C)[C@H]2C(=O)NC(C)(C)C)cc1. The van der Waals surface area contributed by atoms with Gasteiger partial charge in [-0.15, -0.1) is 11.8 Å². The number of nitrogens with zero attached hydrogens (tertiary/aromatic N) is 1. The molecule has 2 aromatic carbocycles. The smallest absolute Gasteiger partial charge is 0.254 e. The van der Waals surface area contributed by atoms with Crippen LogP contribution in [0, 0.1) is 0 Å². The van der Waals surface area contributed by atoms with Crippen LogP contribution in [0.2, 0.25) is 5.02 Å². The van der Waals surface area contributed by atoms with Gasteiger partial charge in [0, 0.05) is 10.3 Å². The molecule has 0 aromatic heterocycles. The second-order valence-electron chi connectivity index (χ2n) is 12.1. The lowest BCUT2D eigenvalue weighted by atomic mass is 9.96. The number of benzene rings is 2. The normalized spacial score (nSPS) is 18.1. The van der Waals surface area contributed by atoms with Crippen molar-refractivity contribution in [2.75, 3.05) is 11.6 Å².